The van der Waals surface area contributed by atoms with Crippen LogP contribution in [0.3, 0.4) is 0 Å². The molecule has 84 valence electrons. The van der Waals surface area contributed by atoms with Crippen LogP contribution in [-0.4, -0.2) is 17.4 Å². The second-order valence-corrected chi connectivity index (χ2v) is 4.92. The van der Waals surface area contributed by atoms with Crippen molar-refractivity contribution < 1.29 is 4.79 Å². The SMILES string of the molecule is O=C(NCC1CC1)[C@@H]1C[C@H]1c1ccncc1. The third-order valence-corrected chi connectivity index (χ3v) is 3.52. The van der Waals surface area contributed by atoms with E-state index < -0.39 is 0 Å². The van der Waals surface area contributed by atoms with E-state index in [0.29, 0.717) is 5.92 Å². The number of nitrogens with one attached hydrogen (secondary N) is 1. The van der Waals surface area contributed by atoms with E-state index in [-0.39, 0.29) is 11.8 Å². The fraction of sp³-hybridized carbons (Fsp3) is 0.538. The molecule has 2 aliphatic carbocycles. The Hall–Kier alpha value is -1.38. The Morgan fingerprint density at radius 3 is 2.81 bits per heavy atom. The lowest BCUT2D eigenvalue weighted by Crippen LogP contribution is -2.27. The van der Waals surface area contributed by atoms with Gasteiger partial charge >= 0.3 is 0 Å². The van der Waals surface area contributed by atoms with Crippen LogP contribution in [0.15, 0.2) is 24.5 Å². The van der Waals surface area contributed by atoms with Crippen molar-refractivity contribution in [2.75, 3.05) is 6.54 Å². The minimum Gasteiger partial charge on any atom is -0.356 e. The Bertz CT molecular complexity index is 386. The number of hydrogen-bond donors (Lipinski definition) is 1. The molecular formula is C13H16N2O. The van der Waals surface area contributed by atoms with E-state index in [1.807, 2.05) is 12.1 Å². The Balaban J connectivity index is 1.52. The zero-order valence-corrected chi connectivity index (χ0v) is 9.23. The molecule has 2 fully saturated rings. The van der Waals surface area contributed by atoms with Crippen molar-refractivity contribution in [3.8, 4) is 0 Å². The highest BCUT2D eigenvalue weighted by Gasteiger charge is 2.43. The van der Waals surface area contributed by atoms with Gasteiger partial charge in [-0.1, -0.05) is 0 Å². The summed E-state index contributed by atoms with van der Waals surface area (Å²) in [6.07, 6.45) is 7.18. The molecular weight excluding hydrogens is 200 g/mol. The van der Waals surface area contributed by atoms with E-state index in [2.05, 4.69) is 10.3 Å². The smallest absolute Gasteiger partial charge is 0.223 e. The van der Waals surface area contributed by atoms with Gasteiger partial charge < -0.3 is 5.32 Å². The van der Waals surface area contributed by atoms with Crippen LogP contribution < -0.4 is 5.32 Å². The van der Waals surface area contributed by atoms with Crippen molar-refractivity contribution >= 4 is 5.91 Å². The van der Waals surface area contributed by atoms with Gasteiger partial charge in [0.05, 0.1) is 0 Å². The maximum Gasteiger partial charge on any atom is 0.223 e. The second kappa shape index (κ2) is 3.89. The van der Waals surface area contributed by atoms with E-state index in [0.717, 1.165) is 18.9 Å². The number of rotatable bonds is 4. The largest absolute Gasteiger partial charge is 0.356 e. The van der Waals surface area contributed by atoms with Gasteiger partial charge in [0.2, 0.25) is 5.91 Å². The van der Waals surface area contributed by atoms with Crippen LogP contribution in [0.5, 0.6) is 0 Å². The Morgan fingerprint density at radius 1 is 1.38 bits per heavy atom. The normalized spacial score (nSPS) is 27.5. The lowest BCUT2D eigenvalue weighted by atomic mass is 10.1. The number of nitrogens with zero attached hydrogens (tertiary/aromatic N) is 1. The monoisotopic (exact) mass is 216 g/mol. The van der Waals surface area contributed by atoms with Crippen molar-refractivity contribution in [1.29, 1.82) is 0 Å². The van der Waals surface area contributed by atoms with Gasteiger partial charge in [-0.3, -0.25) is 9.78 Å². The van der Waals surface area contributed by atoms with Gasteiger partial charge in [-0.25, -0.2) is 0 Å². The van der Waals surface area contributed by atoms with E-state index >= 15 is 0 Å². The van der Waals surface area contributed by atoms with E-state index in [1.54, 1.807) is 12.4 Å². The average molecular weight is 216 g/mol. The molecule has 2 saturated carbocycles. The van der Waals surface area contributed by atoms with Crippen molar-refractivity contribution in [1.82, 2.24) is 10.3 Å². The molecule has 3 rings (SSSR count). The van der Waals surface area contributed by atoms with E-state index in [9.17, 15) is 4.79 Å². The number of aromatic nitrogens is 1. The van der Waals surface area contributed by atoms with Gasteiger partial charge in [-0.2, -0.15) is 0 Å². The third kappa shape index (κ3) is 2.08. The van der Waals surface area contributed by atoms with Gasteiger partial charge in [0.15, 0.2) is 0 Å². The quantitative estimate of drug-likeness (QED) is 0.832. The minimum absolute atomic E-state index is 0.209. The Labute approximate surface area is 95.3 Å². The van der Waals surface area contributed by atoms with Gasteiger partial charge in [0.25, 0.3) is 0 Å². The molecule has 1 N–H and O–H groups in total. The van der Waals surface area contributed by atoms with Gasteiger partial charge in [-0.15, -0.1) is 0 Å². The molecule has 1 aromatic heterocycles. The molecule has 2 aliphatic rings. The predicted molar refractivity (Wildman–Crippen MR) is 60.8 cm³/mol. The summed E-state index contributed by atoms with van der Waals surface area (Å²) in [6.45, 7) is 0.887. The van der Waals surface area contributed by atoms with Crippen LogP contribution in [0.1, 0.15) is 30.7 Å². The van der Waals surface area contributed by atoms with Gasteiger partial charge in [0, 0.05) is 24.9 Å². The third-order valence-electron chi connectivity index (χ3n) is 3.52. The highest BCUT2D eigenvalue weighted by Crippen LogP contribution is 2.47. The minimum atomic E-state index is 0.209. The zero-order chi connectivity index (χ0) is 11.0. The molecule has 1 aromatic rings. The first-order valence-corrected chi connectivity index (χ1v) is 6.02. The Kier molecular flexibility index (Phi) is 2.39. The molecule has 0 saturated heterocycles. The summed E-state index contributed by atoms with van der Waals surface area (Å²) in [5.41, 5.74) is 1.25. The summed E-state index contributed by atoms with van der Waals surface area (Å²) in [4.78, 5) is 15.8. The highest BCUT2D eigenvalue weighted by molar-refractivity contribution is 5.82. The van der Waals surface area contributed by atoms with Crippen LogP contribution in [-0.2, 0) is 4.79 Å². The zero-order valence-electron chi connectivity index (χ0n) is 9.23. The molecule has 0 bridgehead atoms. The fourth-order valence-electron chi connectivity index (χ4n) is 2.16. The van der Waals surface area contributed by atoms with E-state index in [4.69, 9.17) is 0 Å². The van der Waals surface area contributed by atoms with Crippen molar-refractivity contribution in [3.05, 3.63) is 30.1 Å². The van der Waals surface area contributed by atoms with Crippen molar-refractivity contribution in [3.63, 3.8) is 0 Å². The molecule has 1 amide bonds. The average Bonchev–Trinajstić information content (AvgIpc) is 3.19. The summed E-state index contributed by atoms with van der Waals surface area (Å²) in [7, 11) is 0. The first-order valence-electron chi connectivity index (χ1n) is 6.02. The lowest BCUT2D eigenvalue weighted by Gasteiger charge is -2.03. The van der Waals surface area contributed by atoms with Gasteiger partial charge in [0.1, 0.15) is 0 Å². The molecule has 0 aromatic carbocycles. The molecule has 3 nitrogen and oxygen atoms in total. The van der Waals surface area contributed by atoms with Crippen LogP contribution in [0, 0.1) is 11.8 Å². The molecule has 2 atom stereocenters. The van der Waals surface area contributed by atoms with Crippen molar-refractivity contribution in [2.24, 2.45) is 11.8 Å². The highest BCUT2D eigenvalue weighted by atomic mass is 16.2. The summed E-state index contributed by atoms with van der Waals surface area (Å²) < 4.78 is 0. The number of hydrogen-bond acceptors (Lipinski definition) is 2. The number of carbonyl (C=O) groups excluding carboxylic acids is 1. The summed E-state index contributed by atoms with van der Waals surface area (Å²) in [5, 5.41) is 3.05. The summed E-state index contributed by atoms with van der Waals surface area (Å²) >= 11 is 0. The number of pyridine rings is 1. The molecule has 0 radical (unpaired) electrons. The molecule has 0 aliphatic heterocycles. The molecule has 16 heavy (non-hydrogen) atoms. The van der Waals surface area contributed by atoms with Crippen LogP contribution in [0.4, 0.5) is 0 Å². The van der Waals surface area contributed by atoms with Crippen LogP contribution >= 0.6 is 0 Å². The molecule has 1 heterocycles. The van der Waals surface area contributed by atoms with Crippen LogP contribution in [0.25, 0.3) is 0 Å². The maximum atomic E-state index is 11.8. The first-order chi connectivity index (χ1) is 7.84. The van der Waals surface area contributed by atoms with Gasteiger partial charge in [-0.05, 0) is 48.8 Å². The standard InChI is InChI=1S/C13H16N2O/c16-13(15-8-9-1-2-9)12-7-11(12)10-3-5-14-6-4-10/h3-6,9,11-12H,1-2,7-8H2,(H,15,16)/t11-,12+/m0/s1. The van der Waals surface area contributed by atoms with Crippen LogP contribution in [0.2, 0.25) is 0 Å². The molecule has 0 spiro atoms. The topological polar surface area (TPSA) is 42.0 Å². The summed E-state index contributed by atoms with van der Waals surface area (Å²) in [5.74, 6) is 1.65. The second-order valence-electron chi connectivity index (χ2n) is 4.92. The molecule has 0 unspecified atom stereocenters. The lowest BCUT2D eigenvalue weighted by molar-refractivity contribution is -0.122. The van der Waals surface area contributed by atoms with E-state index in [1.165, 1.54) is 18.4 Å². The number of carbonyl (C=O) groups is 1. The Morgan fingerprint density at radius 2 is 2.12 bits per heavy atom. The molecule has 3 heteroatoms. The number of amides is 1. The first kappa shape index (κ1) is 9.82. The fourth-order valence-corrected chi connectivity index (χ4v) is 2.16. The maximum absolute atomic E-state index is 11.8. The summed E-state index contributed by atoms with van der Waals surface area (Å²) in [6, 6.07) is 4.03. The predicted octanol–water partition coefficient (Wildman–Crippen LogP) is 1.71. The van der Waals surface area contributed by atoms with Crippen molar-refractivity contribution in [2.45, 2.75) is 25.2 Å².